The van der Waals surface area contributed by atoms with Crippen LogP contribution in [0.5, 0.6) is 5.75 Å². The molecule has 0 fully saturated rings. The monoisotopic (exact) mass is 354 g/mol. The van der Waals surface area contributed by atoms with Crippen LogP contribution in [-0.4, -0.2) is 44.8 Å². The van der Waals surface area contributed by atoms with E-state index in [4.69, 9.17) is 19.0 Å². The quantitative estimate of drug-likeness (QED) is 0.353. The normalized spacial score (nSPS) is 13.8. The summed E-state index contributed by atoms with van der Waals surface area (Å²) >= 11 is 0. The molecule has 1 unspecified atom stereocenters. The fourth-order valence-corrected chi connectivity index (χ4v) is 2.36. The molecule has 0 heterocycles. The standard InChI is InChI=1S/C20H36NO4/c1-9-17(23-10-2)19-16(12-11-13-18(19)24-15-22-8)14-25-21(6,7)20(3,4)5/h11-13,17H,9-10,14-15H2,1-8H3/q+1. The van der Waals surface area contributed by atoms with E-state index in [0.717, 1.165) is 23.3 Å². The van der Waals surface area contributed by atoms with Crippen molar-refractivity contribution in [2.75, 3.05) is 34.6 Å². The number of methoxy groups -OCH3 is 1. The molecule has 1 rings (SSSR count). The molecule has 0 saturated carbocycles. The fraction of sp³-hybridized carbons (Fsp3) is 0.700. The van der Waals surface area contributed by atoms with E-state index >= 15 is 0 Å². The summed E-state index contributed by atoms with van der Waals surface area (Å²) in [4.78, 5) is 6.25. The van der Waals surface area contributed by atoms with Crippen molar-refractivity contribution >= 4 is 0 Å². The molecule has 0 radical (unpaired) electrons. The summed E-state index contributed by atoms with van der Waals surface area (Å²) in [7, 11) is 5.77. The minimum Gasteiger partial charge on any atom is -0.467 e. The minimum absolute atomic E-state index is 0.0194. The lowest BCUT2D eigenvalue weighted by atomic mass is 9.99. The van der Waals surface area contributed by atoms with Gasteiger partial charge in [0.1, 0.15) is 17.9 Å². The van der Waals surface area contributed by atoms with Gasteiger partial charge in [0.15, 0.2) is 6.79 Å². The van der Waals surface area contributed by atoms with Gasteiger partial charge in [-0.3, -0.25) is 0 Å². The molecule has 5 nitrogen and oxygen atoms in total. The molecule has 0 aliphatic carbocycles. The van der Waals surface area contributed by atoms with Crippen LogP contribution >= 0.6 is 0 Å². The highest BCUT2D eigenvalue weighted by molar-refractivity contribution is 5.42. The average Bonchev–Trinajstić information content (AvgIpc) is 2.55. The van der Waals surface area contributed by atoms with Gasteiger partial charge in [-0.2, -0.15) is 9.48 Å². The van der Waals surface area contributed by atoms with Crippen LogP contribution in [0, 0.1) is 0 Å². The number of hydroxylamine groups is 3. The van der Waals surface area contributed by atoms with Crippen molar-refractivity contribution in [3.63, 3.8) is 0 Å². The van der Waals surface area contributed by atoms with Crippen LogP contribution < -0.4 is 4.74 Å². The highest BCUT2D eigenvalue weighted by Gasteiger charge is 2.34. The van der Waals surface area contributed by atoms with Crippen molar-refractivity contribution in [1.82, 2.24) is 0 Å². The Balaban J connectivity index is 3.16. The Morgan fingerprint density at radius 1 is 1.12 bits per heavy atom. The molecular formula is C20H36NO4+. The molecule has 0 saturated heterocycles. The maximum absolute atomic E-state index is 6.25. The summed E-state index contributed by atoms with van der Waals surface area (Å²) in [5.74, 6) is 0.796. The van der Waals surface area contributed by atoms with E-state index < -0.39 is 0 Å². The zero-order valence-corrected chi connectivity index (χ0v) is 17.2. The van der Waals surface area contributed by atoms with Gasteiger partial charge in [0.05, 0.1) is 20.2 Å². The van der Waals surface area contributed by atoms with Crippen molar-refractivity contribution in [1.29, 1.82) is 0 Å². The molecule has 0 aromatic heterocycles. The van der Waals surface area contributed by atoms with E-state index in [1.54, 1.807) is 7.11 Å². The lowest BCUT2D eigenvalue weighted by molar-refractivity contribution is -1.11. The predicted molar refractivity (Wildman–Crippen MR) is 100 cm³/mol. The molecular weight excluding hydrogens is 318 g/mol. The van der Waals surface area contributed by atoms with Gasteiger partial charge in [0.25, 0.3) is 0 Å². The molecule has 0 aliphatic rings. The largest absolute Gasteiger partial charge is 0.467 e. The second kappa shape index (κ2) is 9.53. The zero-order valence-electron chi connectivity index (χ0n) is 17.2. The number of rotatable bonds is 10. The summed E-state index contributed by atoms with van der Waals surface area (Å²) in [5.41, 5.74) is 2.12. The van der Waals surface area contributed by atoms with Gasteiger partial charge in [0, 0.05) is 19.3 Å². The summed E-state index contributed by atoms with van der Waals surface area (Å²) in [6, 6.07) is 6.03. The Morgan fingerprint density at radius 2 is 1.80 bits per heavy atom. The van der Waals surface area contributed by atoms with Crippen LogP contribution in [0.1, 0.15) is 58.3 Å². The lowest BCUT2D eigenvalue weighted by Gasteiger charge is -2.39. The number of ether oxygens (including phenoxy) is 3. The molecule has 25 heavy (non-hydrogen) atoms. The molecule has 144 valence electrons. The lowest BCUT2D eigenvalue weighted by Crippen LogP contribution is -2.53. The minimum atomic E-state index is -0.0260. The topological polar surface area (TPSA) is 36.9 Å². The second-order valence-electron chi connectivity index (χ2n) is 7.53. The van der Waals surface area contributed by atoms with Gasteiger partial charge in [-0.1, -0.05) is 19.1 Å². The second-order valence-corrected chi connectivity index (χ2v) is 7.53. The Bertz CT molecular complexity index is 523. The van der Waals surface area contributed by atoms with Gasteiger partial charge in [0.2, 0.25) is 0 Å². The van der Waals surface area contributed by atoms with Gasteiger partial charge < -0.3 is 14.2 Å². The van der Waals surface area contributed by atoms with E-state index in [1.165, 1.54) is 0 Å². The maximum atomic E-state index is 6.25. The van der Waals surface area contributed by atoms with Crippen molar-refractivity contribution < 1.29 is 23.7 Å². The Kier molecular flexibility index (Phi) is 8.35. The van der Waals surface area contributed by atoms with E-state index in [2.05, 4.69) is 47.9 Å². The number of quaternary nitrogens is 1. The zero-order chi connectivity index (χ0) is 19.1. The maximum Gasteiger partial charge on any atom is 0.188 e. The van der Waals surface area contributed by atoms with E-state index in [-0.39, 0.29) is 18.4 Å². The molecule has 5 heteroatoms. The van der Waals surface area contributed by atoms with Crippen LogP contribution in [0.2, 0.25) is 0 Å². The number of hydrogen-bond donors (Lipinski definition) is 0. The first-order valence-corrected chi connectivity index (χ1v) is 9.01. The number of hydrogen-bond acceptors (Lipinski definition) is 4. The first-order valence-electron chi connectivity index (χ1n) is 9.01. The fourth-order valence-electron chi connectivity index (χ4n) is 2.36. The van der Waals surface area contributed by atoms with Crippen LogP contribution in [0.3, 0.4) is 0 Å². The molecule has 0 bridgehead atoms. The van der Waals surface area contributed by atoms with Gasteiger partial charge in [-0.05, 0) is 45.7 Å². The van der Waals surface area contributed by atoms with E-state index in [9.17, 15) is 0 Å². The molecule has 0 N–H and O–H groups in total. The van der Waals surface area contributed by atoms with Crippen LogP contribution in [0.4, 0.5) is 0 Å². The SMILES string of the molecule is CCOC(CC)c1c(CO[N+](C)(C)C(C)(C)C)cccc1OCOC. The highest BCUT2D eigenvalue weighted by Crippen LogP contribution is 2.34. The van der Waals surface area contributed by atoms with E-state index in [0.29, 0.717) is 17.9 Å². The van der Waals surface area contributed by atoms with Crippen molar-refractivity contribution in [3.8, 4) is 5.75 Å². The van der Waals surface area contributed by atoms with Crippen molar-refractivity contribution in [2.45, 2.75) is 59.3 Å². The Labute approximate surface area is 153 Å². The van der Waals surface area contributed by atoms with Crippen molar-refractivity contribution in [3.05, 3.63) is 29.3 Å². The third-order valence-corrected chi connectivity index (χ3v) is 4.71. The van der Waals surface area contributed by atoms with Gasteiger partial charge >= 0.3 is 0 Å². The number of nitrogens with zero attached hydrogens (tertiary/aromatic N) is 1. The van der Waals surface area contributed by atoms with Gasteiger partial charge in [-0.25, -0.2) is 0 Å². The van der Waals surface area contributed by atoms with Crippen LogP contribution in [0.25, 0.3) is 0 Å². The van der Waals surface area contributed by atoms with Gasteiger partial charge in [-0.15, -0.1) is 0 Å². The average molecular weight is 355 g/mol. The molecule has 0 amide bonds. The smallest absolute Gasteiger partial charge is 0.188 e. The summed E-state index contributed by atoms with van der Waals surface area (Å²) in [6.45, 7) is 12.0. The molecule has 1 aromatic carbocycles. The Morgan fingerprint density at radius 3 is 2.32 bits per heavy atom. The highest BCUT2D eigenvalue weighted by atomic mass is 16.7. The summed E-state index contributed by atoms with van der Waals surface area (Å²) < 4.78 is 17.3. The van der Waals surface area contributed by atoms with Crippen LogP contribution in [-0.2, 0) is 20.9 Å². The molecule has 0 aliphatic heterocycles. The molecule has 1 aromatic rings. The first-order chi connectivity index (χ1) is 11.7. The van der Waals surface area contributed by atoms with Crippen LogP contribution in [0.15, 0.2) is 18.2 Å². The third kappa shape index (κ3) is 5.96. The first kappa shape index (κ1) is 21.9. The predicted octanol–water partition coefficient (Wildman–Crippen LogP) is 4.46. The third-order valence-electron chi connectivity index (χ3n) is 4.71. The number of benzene rings is 1. The summed E-state index contributed by atoms with van der Waals surface area (Å²) in [6.07, 6.45) is 0.841. The summed E-state index contributed by atoms with van der Waals surface area (Å²) in [5, 5.41) is 0. The van der Waals surface area contributed by atoms with Crippen molar-refractivity contribution in [2.24, 2.45) is 0 Å². The molecule has 1 atom stereocenters. The molecule has 0 spiro atoms. The van der Waals surface area contributed by atoms with E-state index in [1.807, 2.05) is 19.1 Å². The Hall–Kier alpha value is -1.14.